The van der Waals surface area contributed by atoms with Crippen molar-refractivity contribution >= 4 is 17.2 Å². The van der Waals surface area contributed by atoms with Gasteiger partial charge in [0.05, 0.1) is 11.4 Å². The van der Waals surface area contributed by atoms with E-state index in [-0.39, 0.29) is 12.5 Å². The van der Waals surface area contributed by atoms with Crippen LogP contribution >= 0.6 is 11.3 Å². The average Bonchev–Trinajstić information content (AvgIpc) is 3.28. The number of carbonyl (C=O) groups is 1. The Morgan fingerprint density at radius 2 is 2.24 bits per heavy atom. The maximum atomic E-state index is 12.3. The largest absolute Gasteiger partial charge is 0.481 e. The normalized spacial score (nSPS) is 11.9. The summed E-state index contributed by atoms with van der Waals surface area (Å²) in [6.45, 7) is 4.06. The van der Waals surface area contributed by atoms with Crippen molar-refractivity contribution in [1.82, 2.24) is 15.5 Å². The third-order valence-electron chi connectivity index (χ3n) is 3.55. The van der Waals surface area contributed by atoms with E-state index in [1.807, 2.05) is 55.6 Å². The second-order valence-corrected chi connectivity index (χ2v) is 6.49. The molecule has 0 radical (unpaired) electrons. The Hall–Kier alpha value is -2.67. The summed E-state index contributed by atoms with van der Waals surface area (Å²) in [6.07, 6.45) is -0.00849. The fourth-order valence-electron chi connectivity index (χ4n) is 2.28. The number of thiophene rings is 1. The lowest BCUT2D eigenvalue weighted by atomic mass is 10.2. The van der Waals surface area contributed by atoms with E-state index < -0.39 is 6.10 Å². The molecule has 1 N–H and O–H groups in total. The van der Waals surface area contributed by atoms with Crippen molar-refractivity contribution in [2.75, 3.05) is 0 Å². The molecule has 0 saturated carbocycles. The molecule has 1 amide bonds. The number of nitrogens with zero attached hydrogens (tertiary/aromatic N) is 2. The van der Waals surface area contributed by atoms with E-state index in [4.69, 9.17) is 9.26 Å². The highest BCUT2D eigenvalue weighted by Crippen LogP contribution is 2.21. The minimum Gasteiger partial charge on any atom is -0.481 e. The van der Waals surface area contributed by atoms with Crippen LogP contribution in [0.2, 0.25) is 0 Å². The van der Waals surface area contributed by atoms with Crippen LogP contribution in [-0.4, -0.2) is 22.2 Å². The van der Waals surface area contributed by atoms with Crippen molar-refractivity contribution in [1.29, 1.82) is 0 Å². The fraction of sp³-hybridized carbons (Fsp3) is 0.278. The zero-order valence-corrected chi connectivity index (χ0v) is 14.9. The Kier molecular flexibility index (Phi) is 5.45. The second-order valence-electron chi connectivity index (χ2n) is 5.54. The second kappa shape index (κ2) is 7.94. The van der Waals surface area contributed by atoms with Crippen LogP contribution in [0, 0.1) is 6.92 Å². The number of rotatable bonds is 7. The van der Waals surface area contributed by atoms with Crippen molar-refractivity contribution in [3.63, 3.8) is 0 Å². The quantitative estimate of drug-likeness (QED) is 0.699. The number of benzene rings is 1. The number of amides is 1. The van der Waals surface area contributed by atoms with Gasteiger partial charge in [0.25, 0.3) is 5.91 Å². The maximum Gasteiger partial charge on any atom is 0.261 e. The van der Waals surface area contributed by atoms with Gasteiger partial charge in [0.15, 0.2) is 6.10 Å². The Labute approximate surface area is 149 Å². The SMILES string of the molecule is CCC(Oc1cccc(C)c1)C(=O)NCc1nc(-c2cccs2)no1. The van der Waals surface area contributed by atoms with Gasteiger partial charge in [-0.2, -0.15) is 4.98 Å². The standard InChI is InChI=1S/C18H19N3O3S/c1-3-14(23-13-7-4-6-12(2)10-13)18(22)19-11-16-20-17(21-24-16)15-8-5-9-25-15/h4-10,14H,3,11H2,1-2H3,(H,19,22). The molecule has 6 nitrogen and oxygen atoms in total. The van der Waals surface area contributed by atoms with E-state index in [1.165, 1.54) is 11.3 Å². The predicted molar refractivity (Wildman–Crippen MR) is 95.3 cm³/mol. The highest BCUT2D eigenvalue weighted by atomic mass is 32.1. The molecular formula is C18H19N3O3S. The summed E-state index contributed by atoms with van der Waals surface area (Å²) in [5.41, 5.74) is 1.08. The van der Waals surface area contributed by atoms with Crippen LogP contribution in [0.4, 0.5) is 0 Å². The topological polar surface area (TPSA) is 77.2 Å². The molecule has 1 atom stereocenters. The van der Waals surface area contributed by atoms with E-state index in [9.17, 15) is 4.79 Å². The molecular weight excluding hydrogens is 338 g/mol. The zero-order chi connectivity index (χ0) is 17.6. The van der Waals surface area contributed by atoms with Gasteiger partial charge < -0.3 is 14.6 Å². The number of carbonyl (C=O) groups excluding carboxylic acids is 1. The van der Waals surface area contributed by atoms with Crippen LogP contribution in [0.5, 0.6) is 5.75 Å². The summed E-state index contributed by atoms with van der Waals surface area (Å²) in [5.74, 6) is 1.36. The molecule has 0 spiro atoms. The number of hydrogen-bond donors (Lipinski definition) is 1. The number of ether oxygens (including phenoxy) is 1. The molecule has 2 heterocycles. The van der Waals surface area contributed by atoms with E-state index in [0.29, 0.717) is 23.9 Å². The summed E-state index contributed by atoms with van der Waals surface area (Å²) < 4.78 is 11.0. The fourth-order valence-corrected chi connectivity index (χ4v) is 2.93. The van der Waals surface area contributed by atoms with Gasteiger partial charge in [-0.1, -0.05) is 30.3 Å². The van der Waals surface area contributed by atoms with E-state index in [1.54, 1.807) is 0 Å². The Morgan fingerprint density at radius 1 is 1.36 bits per heavy atom. The zero-order valence-electron chi connectivity index (χ0n) is 14.1. The summed E-state index contributed by atoms with van der Waals surface area (Å²) >= 11 is 1.53. The van der Waals surface area contributed by atoms with Gasteiger partial charge in [0.2, 0.25) is 11.7 Å². The van der Waals surface area contributed by atoms with Gasteiger partial charge in [-0.05, 0) is 42.5 Å². The Bertz CT molecular complexity index is 830. The number of aryl methyl sites for hydroxylation is 1. The lowest BCUT2D eigenvalue weighted by Crippen LogP contribution is -2.37. The van der Waals surface area contributed by atoms with Crippen LogP contribution < -0.4 is 10.1 Å². The molecule has 7 heteroatoms. The molecule has 0 aliphatic carbocycles. The van der Waals surface area contributed by atoms with Gasteiger partial charge in [-0.15, -0.1) is 11.3 Å². The molecule has 3 rings (SSSR count). The number of nitrogens with one attached hydrogen (secondary N) is 1. The van der Waals surface area contributed by atoms with Crippen molar-refractivity contribution in [2.24, 2.45) is 0 Å². The lowest BCUT2D eigenvalue weighted by Gasteiger charge is -2.17. The minimum absolute atomic E-state index is 0.172. The predicted octanol–water partition coefficient (Wildman–Crippen LogP) is 3.58. The molecule has 1 unspecified atom stereocenters. The molecule has 0 saturated heterocycles. The van der Waals surface area contributed by atoms with Crippen LogP contribution in [-0.2, 0) is 11.3 Å². The molecule has 2 aromatic heterocycles. The summed E-state index contributed by atoms with van der Waals surface area (Å²) in [4.78, 5) is 17.6. The summed E-state index contributed by atoms with van der Waals surface area (Å²) in [6, 6.07) is 11.5. The molecule has 3 aromatic rings. The molecule has 0 bridgehead atoms. The third kappa shape index (κ3) is 4.45. The van der Waals surface area contributed by atoms with Crippen molar-refractivity contribution < 1.29 is 14.1 Å². The van der Waals surface area contributed by atoms with Crippen LogP contribution in [0.25, 0.3) is 10.7 Å². The van der Waals surface area contributed by atoms with E-state index >= 15 is 0 Å². The van der Waals surface area contributed by atoms with Gasteiger partial charge in [-0.25, -0.2) is 0 Å². The first-order valence-corrected chi connectivity index (χ1v) is 8.91. The summed E-state index contributed by atoms with van der Waals surface area (Å²) in [7, 11) is 0. The number of aromatic nitrogens is 2. The molecule has 0 aliphatic heterocycles. The molecule has 25 heavy (non-hydrogen) atoms. The third-order valence-corrected chi connectivity index (χ3v) is 4.42. The monoisotopic (exact) mass is 357 g/mol. The van der Waals surface area contributed by atoms with E-state index in [0.717, 1.165) is 10.4 Å². The Balaban J connectivity index is 1.57. The van der Waals surface area contributed by atoms with Gasteiger partial charge >= 0.3 is 0 Å². The first kappa shape index (κ1) is 17.2. The highest BCUT2D eigenvalue weighted by Gasteiger charge is 2.19. The van der Waals surface area contributed by atoms with Crippen molar-refractivity contribution in [2.45, 2.75) is 32.9 Å². The van der Waals surface area contributed by atoms with Gasteiger partial charge in [-0.3, -0.25) is 4.79 Å². The van der Waals surface area contributed by atoms with Gasteiger partial charge in [0.1, 0.15) is 5.75 Å². The van der Waals surface area contributed by atoms with Crippen molar-refractivity contribution in [3.8, 4) is 16.5 Å². The average molecular weight is 357 g/mol. The first-order valence-electron chi connectivity index (χ1n) is 8.03. The molecule has 0 fully saturated rings. The summed E-state index contributed by atoms with van der Waals surface area (Å²) in [5, 5.41) is 8.65. The molecule has 1 aromatic carbocycles. The van der Waals surface area contributed by atoms with Gasteiger partial charge in [0, 0.05) is 0 Å². The first-order chi connectivity index (χ1) is 12.2. The number of hydrogen-bond acceptors (Lipinski definition) is 6. The smallest absolute Gasteiger partial charge is 0.261 e. The van der Waals surface area contributed by atoms with E-state index in [2.05, 4.69) is 15.5 Å². The maximum absolute atomic E-state index is 12.3. The molecule has 0 aliphatic rings. The Morgan fingerprint density at radius 3 is 2.96 bits per heavy atom. The van der Waals surface area contributed by atoms with Crippen LogP contribution in [0.3, 0.4) is 0 Å². The van der Waals surface area contributed by atoms with Crippen LogP contribution in [0.15, 0.2) is 46.3 Å². The van der Waals surface area contributed by atoms with Crippen LogP contribution in [0.1, 0.15) is 24.8 Å². The molecule has 130 valence electrons. The highest BCUT2D eigenvalue weighted by molar-refractivity contribution is 7.13. The minimum atomic E-state index is -0.568. The lowest BCUT2D eigenvalue weighted by molar-refractivity contribution is -0.128. The van der Waals surface area contributed by atoms with Crippen molar-refractivity contribution in [3.05, 3.63) is 53.2 Å².